The van der Waals surface area contributed by atoms with E-state index in [4.69, 9.17) is 9.47 Å². The maximum Gasteiger partial charge on any atom is 0.174 e. The zero-order chi connectivity index (χ0) is 20.4. The number of halogens is 1. The van der Waals surface area contributed by atoms with Gasteiger partial charge >= 0.3 is 0 Å². The highest BCUT2D eigenvalue weighted by Crippen LogP contribution is 2.66. The molecule has 2 aliphatic heterocycles. The molecule has 4 atom stereocenters. The summed E-state index contributed by atoms with van der Waals surface area (Å²) in [7, 11) is 0. The summed E-state index contributed by atoms with van der Waals surface area (Å²) in [4.78, 5) is 15.7. The third kappa shape index (κ3) is 2.71. The zero-order valence-electron chi connectivity index (χ0n) is 18.3. The van der Waals surface area contributed by atoms with Gasteiger partial charge in [-0.1, -0.05) is 26.8 Å². The van der Waals surface area contributed by atoms with Gasteiger partial charge in [0.25, 0.3) is 0 Å². The summed E-state index contributed by atoms with van der Waals surface area (Å²) in [6.07, 6.45) is 4.60. The summed E-state index contributed by atoms with van der Waals surface area (Å²) in [5, 5.41) is 10.6. The number of carbonyl (C=O) groups excluding carboxylic acids is 1. The van der Waals surface area contributed by atoms with Crippen LogP contribution in [-0.4, -0.2) is 53.2 Å². The van der Waals surface area contributed by atoms with E-state index in [1.54, 1.807) is 6.07 Å². The Labute approximate surface area is 185 Å². The van der Waals surface area contributed by atoms with Crippen molar-refractivity contribution in [3.63, 3.8) is 0 Å². The number of carbonyl (C=O) groups is 1. The number of phenolic OH excluding ortho intramolecular Hbond substituents is 1. The van der Waals surface area contributed by atoms with Crippen molar-refractivity contribution in [2.24, 2.45) is 5.92 Å². The third-order valence-corrected chi connectivity index (χ3v) is 7.89. The molecule has 1 spiro atoms. The van der Waals surface area contributed by atoms with Gasteiger partial charge in [0.05, 0.1) is 11.0 Å². The number of hydrogen-bond donors (Lipinski definition) is 1. The first-order valence-corrected chi connectivity index (χ1v) is 11.4. The van der Waals surface area contributed by atoms with Crippen LogP contribution >= 0.6 is 12.4 Å². The predicted molar refractivity (Wildman–Crippen MR) is 118 cm³/mol. The van der Waals surface area contributed by atoms with Gasteiger partial charge < -0.3 is 14.6 Å². The van der Waals surface area contributed by atoms with Gasteiger partial charge in [-0.25, -0.2) is 0 Å². The van der Waals surface area contributed by atoms with E-state index in [1.165, 1.54) is 5.56 Å². The number of nitrogens with zero attached hydrogens (tertiary/aromatic N) is 1. The van der Waals surface area contributed by atoms with Crippen LogP contribution in [0.15, 0.2) is 12.1 Å². The van der Waals surface area contributed by atoms with E-state index in [0.29, 0.717) is 24.7 Å². The number of ketones is 1. The molecule has 0 radical (unpaired) electrons. The molecule has 1 saturated carbocycles. The van der Waals surface area contributed by atoms with Crippen LogP contribution in [0.1, 0.15) is 64.0 Å². The second-order valence-electron chi connectivity index (χ2n) is 9.81. The molecule has 1 N–H and O–H groups in total. The molecule has 2 fully saturated rings. The topological polar surface area (TPSA) is 59.0 Å². The van der Waals surface area contributed by atoms with E-state index in [-0.39, 0.29) is 30.0 Å². The van der Waals surface area contributed by atoms with Crippen molar-refractivity contribution < 1.29 is 19.4 Å². The lowest BCUT2D eigenvalue weighted by Crippen LogP contribution is -2.77. The Balaban J connectivity index is 0.00000218. The molecular weight excluding hydrogens is 402 g/mol. The van der Waals surface area contributed by atoms with Crippen LogP contribution in [0.5, 0.6) is 11.5 Å². The molecule has 0 unspecified atom stereocenters. The highest BCUT2D eigenvalue weighted by Gasteiger charge is 2.74. The van der Waals surface area contributed by atoms with E-state index in [1.807, 2.05) is 6.07 Å². The van der Waals surface area contributed by atoms with Crippen LogP contribution in [0.2, 0.25) is 0 Å². The summed E-state index contributed by atoms with van der Waals surface area (Å²) < 4.78 is 13.2. The molecule has 4 aliphatic rings. The molecule has 6 heteroatoms. The second-order valence-corrected chi connectivity index (χ2v) is 9.81. The monoisotopic (exact) mass is 435 g/mol. The van der Waals surface area contributed by atoms with Crippen molar-refractivity contribution in [1.82, 2.24) is 4.90 Å². The molecule has 2 bridgehead atoms. The van der Waals surface area contributed by atoms with E-state index >= 15 is 0 Å². The van der Waals surface area contributed by atoms with Crippen LogP contribution < -0.4 is 4.74 Å². The summed E-state index contributed by atoms with van der Waals surface area (Å²) in [6.45, 7) is 9.39. The average molecular weight is 436 g/mol. The number of benzene rings is 1. The van der Waals surface area contributed by atoms with Crippen molar-refractivity contribution in [3.8, 4) is 11.5 Å². The first kappa shape index (κ1) is 21.9. The van der Waals surface area contributed by atoms with Crippen LogP contribution in [-0.2, 0) is 21.4 Å². The fourth-order valence-electron chi connectivity index (χ4n) is 6.71. The van der Waals surface area contributed by atoms with Gasteiger partial charge in [0.2, 0.25) is 0 Å². The Hall–Kier alpha value is -1.30. The van der Waals surface area contributed by atoms with Crippen molar-refractivity contribution >= 4 is 18.2 Å². The number of Topliss-reactive ketones (excluding diaryl/α,β-unsaturated/α-hetero) is 1. The second kappa shape index (κ2) is 7.68. The van der Waals surface area contributed by atoms with Gasteiger partial charge in [-0.2, -0.15) is 0 Å². The summed E-state index contributed by atoms with van der Waals surface area (Å²) in [5.74, 6) is 1.44. The Morgan fingerprint density at radius 1 is 1.33 bits per heavy atom. The van der Waals surface area contributed by atoms with Gasteiger partial charge in [-0.15, -0.1) is 12.4 Å². The van der Waals surface area contributed by atoms with Crippen molar-refractivity contribution in [1.29, 1.82) is 0 Å². The van der Waals surface area contributed by atoms with Gasteiger partial charge in [0, 0.05) is 24.6 Å². The van der Waals surface area contributed by atoms with E-state index in [0.717, 1.165) is 50.8 Å². The number of phenols is 1. The van der Waals surface area contributed by atoms with Crippen molar-refractivity contribution in [3.05, 3.63) is 23.3 Å². The lowest BCUT2D eigenvalue weighted by atomic mass is 9.48. The predicted octanol–water partition coefficient (Wildman–Crippen LogP) is 4.02. The minimum atomic E-state index is -0.524. The normalized spacial score (nSPS) is 33.8. The first-order valence-electron chi connectivity index (χ1n) is 11.4. The average Bonchev–Trinajstić information content (AvgIpc) is 3.04. The molecule has 1 aromatic rings. The maximum absolute atomic E-state index is 13.1. The van der Waals surface area contributed by atoms with Crippen LogP contribution in [0.3, 0.4) is 0 Å². The summed E-state index contributed by atoms with van der Waals surface area (Å²) >= 11 is 0. The smallest absolute Gasteiger partial charge is 0.174 e. The SMILES string of the molecule is CCCN1CC[C@]23c4c5ccc(O)c4O[C@H]2C(=O)CC[C@@]3(OCCC(C)C)[C@H]1C5.Cl. The molecule has 5 rings (SSSR count). The number of likely N-dealkylation sites (tertiary alicyclic amines) is 1. The van der Waals surface area contributed by atoms with Crippen molar-refractivity contribution in [2.45, 2.75) is 82.5 Å². The number of ether oxygens (including phenoxy) is 2. The minimum Gasteiger partial charge on any atom is -0.504 e. The van der Waals surface area contributed by atoms with E-state index in [2.05, 4.69) is 25.7 Å². The molecular formula is C24H34ClNO4. The quantitative estimate of drug-likeness (QED) is 0.731. The largest absolute Gasteiger partial charge is 0.504 e. The van der Waals surface area contributed by atoms with Gasteiger partial charge in [0.15, 0.2) is 23.4 Å². The Morgan fingerprint density at radius 2 is 2.13 bits per heavy atom. The number of piperidine rings is 1. The Kier molecular flexibility index (Phi) is 5.61. The van der Waals surface area contributed by atoms with Gasteiger partial charge in [-0.05, 0) is 62.7 Å². The number of aromatic hydroxyl groups is 1. The van der Waals surface area contributed by atoms with E-state index in [9.17, 15) is 9.90 Å². The molecule has 30 heavy (non-hydrogen) atoms. The van der Waals surface area contributed by atoms with Gasteiger partial charge in [0.1, 0.15) is 0 Å². The fourth-order valence-corrected chi connectivity index (χ4v) is 6.71. The molecule has 5 nitrogen and oxygen atoms in total. The molecule has 0 aromatic heterocycles. The molecule has 1 saturated heterocycles. The zero-order valence-corrected chi connectivity index (χ0v) is 19.1. The standard InChI is InChI=1S/C24H33NO4.ClH/c1-4-11-25-12-10-23-20-16-5-6-17(26)21(20)29-22(23)18(27)7-9-24(23,19(25)14-16)28-13-8-15(2)3;/h5-6,15,19,22,26H,4,7-14H2,1-3H3;1H/t19-,22+,23+,24-;/m1./s1. The molecule has 2 heterocycles. The first-order chi connectivity index (χ1) is 13.9. The lowest BCUT2D eigenvalue weighted by Gasteiger charge is -2.64. The molecule has 0 amide bonds. The third-order valence-electron chi connectivity index (χ3n) is 7.89. The minimum absolute atomic E-state index is 0. The molecule has 166 valence electrons. The summed E-state index contributed by atoms with van der Waals surface area (Å²) in [5.41, 5.74) is 1.42. The highest BCUT2D eigenvalue weighted by atomic mass is 35.5. The summed E-state index contributed by atoms with van der Waals surface area (Å²) in [6, 6.07) is 4.03. The van der Waals surface area contributed by atoms with Gasteiger partial charge in [-0.3, -0.25) is 9.69 Å². The van der Waals surface area contributed by atoms with Crippen LogP contribution in [0, 0.1) is 5.92 Å². The lowest BCUT2D eigenvalue weighted by molar-refractivity contribution is -0.214. The fraction of sp³-hybridized carbons (Fsp3) is 0.708. The maximum atomic E-state index is 13.1. The molecule has 1 aromatic carbocycles. The molecule has 2 aliphatic carbocycles. The van der Waals surface area contributed by atoms with Crippen LogP contribution in [0.25, 0.3) is 0 Å². The Morgan fingerprint density at radius 3 is 2.87 bits per heavy atom. The Bertz CT molecular complexity index is 843. The number of rotatable bonds is 6. The highest BCUT2D eigenvalue weighted by molar-refractivity contribution is 5.90. The van der Waals surface area contributed by atoms with E-state index < -0.39 is 17.1 Å². The van der Waals surface area contributed by atoms with Crippen LogP contribution in [0.4, 0.5) is 0 Å². The number of hydrogen-bond acceptors (Lipinski definition) is 5. The van der Waals surface area contributed by atoms with Crippen molar-refractivity contribution in [2.75, 3.05) is 19.7 Å².